The lowest BCUT2D eigenvalue weighted by molar-refractivity contribution is 0.0894. The van der Waals surface area contributed by atoms with E-state index in [1.165, 1.54) is 0 Å². The van der Waals surface area contributed by atoms with Gasteiger partial charge in [0, 0.05) is 6.42 Å². The minimum atomic E-state index is -0.391. The molecule has 0 radical (unpaired) electrons. The van der Waals surface area contributed by atoms with Crippen molar-refractivity contribution in [3.05, 3.63) is 53.7 Å². The van der Waals surface area contributed by atoms with Gasteiger partial charge in [0.15, 0.2) is 0 Å². The van der Waals surface area contributed by atoms with Gasteiger partial charge in [0.1, 0.15) is 12.9 Å². The Morgan fingerprint density at radius 2 is 1.95 bits per heavy atom. The average molecular weight is 275 g/mol. The summed E-state index contributed by atoms with van der Waals surface area (Å²) in [7, 11) is 0. The number of aliphatic hydroxyl groups excluding tert-OH is 1. The van der Waals surface area contributed by atoms with Crippen molar-refractivity contribution in [2.75, 3.05) is 0 Å². The second-order valence-corrected chi connectivity index (χ2v) is 5.23. The molecule has 1 N–H and O–H groups in total. The van der Waals surface area contributed by atoms with E-state index in [0.717, 1.165) is 11.3 Å². The molecule has 0 saturated carbocycles. The smallest absolute Gasteiger partial charge is 0.220 e. The van der Waals surface area contributed by atoms with Crippen molar-refractivity contribution in [1.29, 1.82) is 0 Å². The van der Waals surface area contributed by atoms with Gasteiger partial charge in [-0.1, -0.05) is 44.2 Å². The predicted octanol–water partition coefficient (Wildman–Crippen LogP) is 2.95. The number of aromatic nitrogens is 1. The molecule has 1 atom stereocenters. The fraction of sp³-hybridized carbons (Fsp3) is 0.438. The van der Waals surface area contributed by atoms with Crippen molar-refractivity contribution in [2.24, 2.45) is 5.92 Å². The summed E-state index contributed by atoms with van der Waals surface area (Å²) in [5, 5.41) is 9.80. The van der Waals surface area contributed by atoms with Crippen LogP contribution in [0.1, 0.15) is 31.0 Å². The van der Waals surface area contributed by atoms with Crippen LogP contribution in [0, 0.1) is 5.92 Å². The number of rotatable bonds is 7. The van der Waals surface area contributed by atoms with E-state index < -0.39 is 6.10 Å². The van der Waals surface area contributed by atoms with Crippen LogP contribution < -0.4 is 0 Å². The van der Waals surface area contributed by atoms with Gasteiger partial charge in [0.05, 0.1) is 18.4 Å². The maximum Gasteiger partial charge on any atom is 0.220 e. The maximum atomic E-state index is 9.80. The van der Waals surface area contributed by atoms with Crippen LogP contribution in [0.25, 0.3) is 0 Å². The van der Waals surface area contributed by atoms with Crippen LogP contribution in [0.2, 0.25) is 0 Å². The Bertz CT molecular complexity index is 507. The molecule has 108 valence electrons. The highest BCUT2D eigenvalue weighted by Gasteiger charge is 2.13. The molecule has 1 aromatic heterocycles. The highest BCUT2D eigenvalue weighted by atomic mass is 16.5. The number of ether oxygens (including phenoxy) is 1. The Balaban J connectivity index is 1.78. The number of hydrogen-bond acceptors (Lipinski definition) is 4. The van der Waals surface area contributed by atoms with E-state index >= 15 is 0 Å². The first-order valence-electron chi connectivity index (χ1n) is 6.88. The average Bonchev–Trinajstić information content (AvgIpc) is 2.87. The summed E-state index contributed by atoms with van der Waals surface area (Å²) in [6.07, 6.45) is 1.71. The van der Waals surface area contributed by atoms with Gasteiger partial charge in [-0.2, -0.15) is 0 Å². The summed E-state index contributed by atoms with van der Waals surface area (Å²) in [5.41, 5.74) is 1.89. The van der Waals surface area contributed by atoms with Gasteiger partial charge in [0.2, 0.25) is 5.89 Å². The van der Waals surface area contributed by atoms with Crippen LogP contribution in [-0.4, -0.2) is 16.2 Å². The topological polar surface area (TPSA) is 55.5 Å². The van der Waals surface area contributed by atoms with E-state index in [-0.39, 0.29) is 5.92 Å². The zero-order valence-electron chi connectivity index (χ0n) is 12.0. The first kappa shape index (κ1) is 14.8. The summed E-state index contributed by atoms with van der Waals surface area (Å²) < 4.78 is 10.9. The van der Waals surface area contributed by atoms with Crippen LogP contribution in [0.5, 0.6) is 0 Å². The summed E-state index contributed by atoms with van der Waals surface area (Å²) >= 11 is 0. The second-order valence-electron chi connectivity index (χ2n) is 5.23. The Morgan fingerprint density at radius 3 is 2.65 bits per heavy atom. The standard InChI is InChI=1S/C16H21NO3/c1-12(2)15(18)8-14-10-20-16(17-14)11-19-9-13-6-4-3-5-7-13/h3-7,10,12,15,18H,8-9,11H2,1-2H3. The molecule has 0 saturated heterocycles. The zero-order valence-corrected chi connectivity index (χ0v) is 12.0. The van der Waals surface area contributed by atoms with Crippen molar-refractivity contribution >= 4 is 0 Å². The molecule has 1 heterocycles. The molecule has 0 aliphatic heterocycles. The minimum absolute atomic E-state index is 0.212. The van der Waals surface area contributed by atoms with Crippen LogP contribution in [0.3, 0.4) is 0 Å². The van der Waals surface area contributed by atoms with Crippen molar-refractivity contribution in [3.63, 3.8) is 0 Å². The molecular weight excluding hydrogens is 254 g/mol. The molecule has 1 unspecified atom stereocenters. The van der Waals surface area contributed by atoms with Crippen molar-refractivity contribution < 1.29 is 14.3 Å². The van der Waals surface area contributed by atoms with Gasteiger partial charge in [-0.05, 0) is 11.5 Å². The molecule has 0 spiro atoms. The molecule has 20 heavy (non-hydrogen) atoms. The number of nitrogens with zero attached hydrogens (tertiary/aromatic N) is 1. The summed E-state index contributed by atoms with van der Waals surface area (Å²) in [4.78, 5) is 4.31. The lowest BCUT2D eigenvalue weighted by atomic mass is 10.0. The van der Waals surface area contributed by atoms with Gasteiger partial charge >= 0.3 is 0 Å². The molecule has 2 rings (SSSR count). The number of oxazole rings is 1. The molecule has 0 bridgehead atoms. The van der Waals surface area contributed by atoms with Crippen LogP contribution in [0.15, 0.2) is 41.0 Å². The molecule has 4 heteroatoms. The quantitative estimate of drug-likeness (QED) is 0.844. The SMILES string of the molecule is CC(C)C(O)Cc1coc(COCc2ccccc2)n1. The molecule has 2 aromatic rings. The first-order valence-corrected chi connectivity index (χ1v) is 6.88. The number of benzene rings is 1. The Labute approximate surface area is 119 Å². The van der Waals surface area contributed by atoms with E-state index in [1.54, 1.807) is 6.26 Å². The normalized spacial score (nSPS) is 12.8. The van der Waals surface area contributed by atoms with E-state index in [0.29, 0.717) is 25.5 Å². The van der Waals surface area contributed by atoms with Gasteiger partial charge in [-0.3, -0.25) is 0 Å². The zero-order chi connectivity index (χ0) is 14.4. The second kappa shape index (κ2) is 7.22. The third-order valence-electron chi connectivity index (χ3n) is 3.12. The van der Waals surface area contributed by atoms with Crippen molar-refractivity contribution in [1.82, 2.24) is 4.98 Å². The van der Waals surface area contributed by atoms with Crippen LogP contribution in [0.4, 0.5) is 0 Å². The molecule has 0 aliphatic carbocycles. The summed E-state index contributed by atoms with van der Waals surface area (Å²) in [6.45, 7) is 4.84. The highest BCUT2D eigenvalue weighted by molar-refractivity contribution is 5.13. The largest absolute Gasteiger partial charge is 0.446 e. The molecule has 0 fully saturated rings. The van der Waals surface area contributed by atoms with Crippen molar-refractivity contribution in [3.8, 4) is 0 Å². The lowest BCUT2D eigenvalue weighted by Crippen LogP contribution is -2.17. The molecule has 1 aromatic carbocycles. The third-order valence-corrected chi connectivity index (χ3v) is 3.12. The Hall–Kier alpha value is -1.65. The first-order chi connectivity index (χ1) is 9.65. The van der Waals surface area contributed by atoms with Crippen LogP contribution >= 0.6 is 0 Å². The van der Waals surface area contributed by atoms with Gasteiger partial charge < -0.3 is 14.3 Å². The monoisotopic (exact) mass is 275 g/mol. The van der Waals surface area contributed by atoms with E-state index in [2.05, 4.69) is 4.98 Å². The van der Waals surface area contributed by atoms with Gasteiger partial charge in [-0.25, -0.2) is 4.98 Å². The van der Waals surface area contributed by atoms with E-state index in [4.69, 9.17) is 9.15 Å². The molecule has 0 amide bonds. The fourth-order valence-corrected chi connectivity index (χ4v) is 1.79. The Morgan fingerprint density at radius 1 is 1.20 bits per heavy atom. The molecule has 0 aliphatic rings. The lowest BCUT2D eigenvalue weighted by Gasteiger charge is -2.11. The van der Waals surface area contributed by atoms with Gasteiger partial charge in [0.25, 0.3) is 0 Å². The number of hydrogen-bond donors (Lipinski definition) is 1. The fourth-order valence-electron chi connectivity index (χ4n) is 1.79. The molecular formula is C16H21NO3. The Kier molecular flexibility index (Phi) is 5.32. The number of aliphatic hydroxyl groups is 1. The summed E-state index contributed by atoms with van der Waals surface area (Å²) in [6, 6.07) is 9.97. The minimum Gasteiger partial charge on any atom is -0.446 e. The predicted molar refractivity (Wildman–Crippen MR) is 76.0 cm³/mol. The maximum absolute atomic E-state index is 9.80. The third kappa shape index (κ3) is 4.47. The molecule has 4 nitrogen and oxygen atoms in total. The highest BCUT2D eigenvalue weighted by Crippen LogP contribution is 2.11. The van der Waals surface area contributed by atoms with E-state index in [1.807, 2.05) is 44.2 Å². The van der Waals surface area contributed by atoms with Gasteiger partial charge in [-0.15, -0.1) is 0 Å². The summed E-state index contributed by atoms with van der Waals surface area (Å²) in [5.74, 6) is 0.761. The van der Waals surface area contributed by atoms with E-state index in [9.17, 15) is 5.11 Å². The van der Waals surface area contributed by atoms with Crippen molar-refractivity contribution in [2.45, 2.75) is 39.6 Å². The van der Waals surface area contributed by atoms with Crippen LogP contribution in [-0.2, 0) is 24.4 Å².